The molecule has 11 heteroatoms. The van der Waals surface area contributed by atoms with E-state index < -0.39 is 35.8 Å². The van der Waals surface area contributed by atoms with Crippen LogP contribution in [0.15, 0.2) is 36.4 Å². The summed E-state index contributed by atoms with van der Waals surface area (Å²) in [5.74, 6) is -1.68. The first-order valence-electron chi connectivity index (χ1n) is 11.9. The minimum atomic E-state index is -1.04. The van der Waals surface area contributed by atoms with Crippen LogP contribution in [-0.2, 0) is 27.2 Å². The Morgan fingerprint density at radius 1 is 0.917 bits per heavy atom. The van der Waals surface area contributed by atoms with E-state index in [9.17, 15) is 24.6 Å². The summed E-state index contributed by atoms with van der Waals surface area (Å²) in [6.45, 7) is 0.715. The maximum absolute atomic E-state index is 13.2. The second kappa shape index (κ2) is 12.3. The highest BCUT2D eigenvalue weighted by Crippen LogP contribution is 2.30. The largest absolute Gasteiger partial charge is 0.508 e. The molecule has 0 aromatic heterocycles. The van der Waals surface area contributed by atoms with E-state index in [0.29, 0.717) is 29.7 Å². The number of hydrogen-bond acceptors (Lipinski definition) is 8. The van der Waals surface area contributed by atoms with Crippen molar-refractivity contribution < 1.29 is 24.6 Å². The van der Waals surface area contributed by atoms with Gasteiger partial charge in [-0.15, -0.1) is 0 Å². The number of nitrogens with one attached hydrogen (secondary N) is 3. The first kappa shape index (κ1) is 26.9. The maximum Gasteiger partial charge on any atom is 0.243 e. The zero-order valence-electron chi connectivity index (χ0n) is 20.0. The first-order valence-corrected chi connectivity index (χ1v) is 11.9. The molecule has 4 bridgehead atoms. The van der Waals surface area contributed by atoms with E-state index in [2.05, 4.69) is 16.0 Å². The number of carbonyl (C=O) groups excluding carboxylic acids is 3. The minimum absolute atomic E-state index is 0.0101. The summed E-state index contributed by atoms with van der Waals surface area (Å²) >= 11 is 0. The fourth-order valence-corrected chi connectivity index (χ4v) is 4.08. The number of carbonyl (C=O) groups is 3. The third kappa shape index (κ3) is 6.72. The number of benzene rings is 2. The predicted molar refractivity (Wildman–Crippen MR) is 135 cm³/mol. The Morgan fingerprint density at radius 2 is 1.53 bits per heavy atom. The lowest BCUT2D eigenvalue weighted by Gasteiger charge is -2.24. The predicted octanol–water partition coefficient (Wildman–Crippen LogP) is -1.03. The molecule has 3 amide bonds. The highest BCUT2D eigenvalue weighted by molar-refractivity contribution is 5.93. The van der Waals surface area contributed by atoms with E-state index in [4.69, 9.17) is 17.2 Å². The van der Waals surface area contributed by atoms with Gasteiger partial charge in [0.05, 0.1) is 6.04 Å². The Balaban J connectivity index is 2.08. The SMILES string of the molecule is NCCC[C@@H]1NC(=O)[C@H](N)Cc2cc(ccc2O)-c2ccc(O)c(c2)C[C@@H](C(=O)NCCN)NC1=O. The molecule has 3 rings (SSSR count). The second-order valence-electron chi connectivity index (χ2n) is 8.83. The summed E-state index contributed by atoms with van der Waals surface area (Å²) in [5.41, 5.74) is 19.6. The lowest BCUT2D eigenvalue weighted by Crippen LogP contribution is -2.56. The fourth-order valence-electron chi connectivity index (χ4n) is 4.08. The van der Waals surface area contributed by atoms with Crippen molar-refractivity contribution in [2.24, 2.45) is 17.2 Å². The van der Waals surface area contributed by atoms with Crippen molar-refractivity contribution in [1.82, 2.24) is 16.0 Å². The molecular formula is C25H34N6O5. The number of nitrogens with two attached hydrogens (primary N) is 3. The smallest absolute Gasteiger partial charge is 0.243 e. The molecule has 36 heavy (non-hydrogen) atoms. The summed E-state index contributed by atoms with van der Waals surface area (Å²) in [6, 6.07) is 6.79. The number of rotatable bonds is 6. The van der Waals surface area contributed by atoms with Crippen molar-refractivity contribution in [2.75, 3.05) is 19.6 Å². The molecule has 0 spiro atoms. The Bertz CT molecular complexity index is 1110. The molecule has 2 aromatic carbocycles. The molecule has 0 fully saturated rings. The van der Waals surface area contributed by atoms with Crippen LogP contribution in [0.5, 0.6) is 11.5 Å². The molecule has 1 aliphatic heterocycles. The molecule has 2 aromatic rings. The van der Waals surface area contributed by atoms with Crippen molar-refractivity contribution in [1.29, 1.82) is 0 Å². The van der Waals surface area contributed by atoms with E-state index in [1.54, 1.807) is 24.3 Å². The van der Waals surface area contributed by atoms with Gasteiger partial charge >= 0.3 is 0 Å². The van der Waals surface area contributed by atoms with Gasteiger partial charge in [-0.1, -0.05) is 12.1 Å². The van der Waals surface area contributed by atoms with Crippen molar-refractivity contribution in [3.05, 3.63) is 47.5 Å². The van der Waals surface area contributed by atoms with Crippen LogP contribution in [0.4, 0.5) is 0 Å². The lowest BCUT2D eigenvalue weighted by atomic mass is 9.95. The highest BCUT2D eigenvalue weighted by Gasteiger charge is 2.29. The Morgan fingerprint density at radius 3 is 2.11 bits per heavy atom. The van der Waals surface area contributed by atoms with Crippen molar-refractivity contribution >= 4 is 17.7 Å². The third-order valence-electron chi connectivity index (χ3n) is 6.10. The van der Waals surface area contributed by atoms with Crippen LogP contribution in [0.2, 0.25) is 0 Å². The van der Waals surface area contributed by atoms with Gasteiger partial charge < -0.3 is 43.4 Å². The lowest BCUT2D eigenvalue weighted by molar-refractivity contribution is -0.132. The quantitative estimate of drug-likeness (QED) is 0.247. The van der Waals surface area contributed by atoms with E-state index in [-0.39, 0.29) is 43.9 Å². The van der Waals surface area contributed by atoms with E-state index in [1.807, 2.05) is 0 Å². The fraction of sp³-hybridized carbons (Fsp3) is 0.400. The normalized spacial score (nSPS) is 20.5. The van der Waals surface area contributed by atoms with Gasteiger partial charge in [0.1, 0.15) is 23.6 Å². The maximum atomic E-state index is 13.2. The number of phenols is 2. The third-order valence-corrected chi connectivity index (χ3v) is 6.10. The van der Waals surface area contributed by atoms with Crippen LogP contribution in [0.1, 0.15) is 24.0 Å². The molecule has 11 N–H and O–H groups in total. The van der Waals surface area contributed by atoms with Crippen LogP contribution in [0, 0.1) is 0 Å². The number of phenolic OH excluding ortho intramolecular Hbond substituents is 2. The Kier molecular flexibility index (Phi) is 9.23. The first-order chi connectivity index (χ1) is 17.2. The Labute approximate surface area is 209 Å². The minimum Gasteiger partial charge on any atom is -0.508 e. The van der Waals surface area contributed by atoms with Crippen molar-refractivity contribution in [3.8, 4) is 22.6 Å². The number of amides is 3. The molecule has 0 radical (unpaired) electrons. The molecule has 11 nitrogen and oxygen atoms in total. The summed E-state index contributed by atoms with van der Waals surface area (Å²) in [4.78, 5) is 39.0. The molecule has 0 saturated carbocycles. The van der Waals surface area contributed by atoms with Gasteiger partial charge in [0.15, 0.2) is 0 Å². The van der Waals surface area contributed by atoms with Crippen molar-refractivity contribution in [2.45, 2.75) is 43.8 Å². The van der Waals surface area contributed by atoms with Gasteiger partial charge in [0, 0.05) is 25.9 Å². The molecule has 0 unspecified atom stereocenters. The molecule has 3 atom stereocenters. The van der Waals surface area contributed by atoms with Gasteiger partial charge in [-0.25, -0.2) is 0 Å². The van der Waals surface area contributed by atoms with Gasteiger partial charge in [-0.3, -0.25) is 14.4 Å². The molecule has 1 heterocycles. The zero-order valence-corrected chi connectivity index (χ0v) is 20.0. The highest BCUT2D eigenvalue weighted by atomic mass is 16.3. The standard InChI is InChI=1S/C25H34N6O5/c26-7-1-2-19-25(36)31-20(24(35)29-9-8-27)13-17-11-15(4-6-22(17)33)14-3-5-21(32)16(10-14)12-18(28)23(34)30-19/h3-6,10-11,18-20,32-33H,1-2,7-9,12-13,26-28H2,(H,29,35)(H,30,34)(H,31,36)/t18-,19+,20+/m1/s1. The van der Waals surface area contributed by atoms with E-state index in [0.717, 1.165) is 5.56 Å². The van der Waals surface area contributed by atoms with Gasteiger partial charge in [-0.2, -0.15) is 0 Å². The molecule has 0 saturated heterocycles. The average molecular weight is 499 g/mol. The van der Waals surface area contributed by atoms with E-state index >= 15 is 0 Å². The second-order valence-corrected chi connectivity index (χ2v) is 8.83. The van der Waals surface area contributed by atoms with Crippen molar-refractivity contribution in [3.63, 3.8) is 0 Å². The van der Waals surface area contributed by atoms with Crippen LogP contribution in [-0.4, -0.2) is 65.7 Å². The van der Waals surface area contributed by atoms with Crippen LogP contribution >= 0.6 is 0 Å². The van der Waals surface area contributed by atoms with Crippen LogP contribution < -0.4 is 33.2 Å². The molecular weight excluding hydrogens is 464 g/mol. The zero-order chi connectivity index (χ0) is 26.2. The summed E-state index contributed by atoms with van der Waals surface area (Å²) < 4.78 is 0. The summed E-state index contributed by atoms with van der Waals surface area (Å²) in [7, 11) is 0. The monoisotopic (exact) mass is 498 g/mol. The Hall–Kier alpha value is -3.67. The topological polar surface area (TPSA) is 206 Å². The van der Waals surface area contributed by atoms with Gasteiger partial charge in [0.2, 0.25) is 17.7 Å². The average Bonchev–Trinajstić information content (AvgIpc) is 2.86. The van der Waals surface area contributed by atoms with Gasteiger partial charge in [-0.05, 0) is 65.9 Å². The van der Waals surface area contributed by atoms with Crippen LogP contribution in [0.25, 0.3) is 11.1 Å². The summed E-state index contributed by atoms with van der Waals surface area (Å²) in [5, 5.41) is 28.9. The molecule has 0 aliphatic carbocycles. The van der Waals surface area contributed by atoms with E-state index in [1.165, 1.54) is 12.1 Å². The number of aromatic hydroxyl groups is 2. The van der Waals surface area contributed by atoms with Gasteiger partial charge in [0.25, 0.3) is 0 Å². The summed E-state index contributed by atoms with van der Waals surface area (Å²) in [6.07, 6.45) is 0.707. The van der Waals surface area contributed by atoms with Crippen LogP contribution in [0.3, 0.4) is 0 Å². The molecule has 194 valence electrons. The number of hydrogen-bond donors (Lipinski definition) is 8. The number of fused-ring (bicyclic) bond motifs is 5. The molecule has 1 aliphatic rings.